The van der Waals surface area contributed by atoms with E-state index in [9.17, 15) is 22.8 Å². The van der Waals surface area contributed by atoms with E-state index in [2.05, 4.69) is 20.7 Å². The Morgan fingerprint density at radius 3 is 2.44 bits per heavy atom. The second-order valence-electron chi connectivity index (χ2n) is 3.40. The van der Waals surface area contributed by atoms with E-state index in [4.69, 9.17) is 0 Å². The third-order valence-electron chi connectivity index (χ3n) is 2.14. The lowest BCUT2D eigenvalue weighted by Gasteiger charge is -2.09. The first-order valence-corrected chi connectivity index (χ1v) is 5.51. The quantitative estimate of drug-likeness (QED) is 0.634. The van der Waals surface area contributed by atoms with Gasteiger partial charge in [-0.15, -0.1) is 0 Å². The molecule has 0 radical (unpaired) electrons. The van der Waals surface area contributed by atoms with E-state index in [0.29, 0.717) is 4.47 Å². The fourth-order valence-corrected chi connectivity index (χ4v) is 1.63. The normalized spacial score (nSPS) is 11.2. The number of ketones is 1. The second-order valence-corrected chi connectivity index (χ2v) is 4.25. The number of carbonyl (C=O) groups excluding carboxylic acids is 2. The van der Waals surface area contributed by atoms with Gasteiger partial charge in [-0.2, -0.15) is 13.2 Å². The Bertz CT molecular complexity index is 483. The average molecular weight is 325 g/mol. The Morgan fingerprint density at radius 1 is 1.33 bits per heavy atom. The smallest absolute Gasteiger partial charge is 0.416 e. The molecule has 0 fully saturated rings. The molecule has 0 saturated carbocycles. The van der Waals surface area contributed by atoms with E-state index >= 15 is 0 Å². The maximum atomic E-state index is 12.5. The molecule has 0 aliphatic rings. The predicted octanol–water partition coefficient (Wildman–Crippen LogP) is 2.75. The van der Waals surface area contributed by atoms with Crippen LogP contribution in [0, 0.1) is 0 Å². The molecule has 18 heavy (non-hydrogen) atoms. The highest BCUT2D eigenvalue weighted by Crippen LogP contribution is 2.32. The van der Waals surface area contributed by atoms with Crippen molar-refractivity contribution in [2.24, 2.45) is 0 Å². The summed E-state index contributed by atoms with van der Waals surface area (Å²) in [5.74, 6) is -1.99. The van der Waals surface area contributed by atoms with Gasteiger partial charge < -0.3 is 4.74 Å². The Kier molecular flexibility index (Phi) is 4.50. The average Bonchev–Trinajstić information content (AvgIpc) is 2.29. The summed E-state index contributed by atoms with van der Waals surface area (Å²) in [4.78, 5) is 22.2. The molecule has 1 aromatic carbocycles. The first kappa shape index (κ1) is 14.7. The van der Waals surface area contributed by atoms with Crippen LogP contribution in [0.2, 0.25) is 0 Å². The number of esters is 1. The van der Waals surface area contributed by atoms with Crippen molar-refractivity contribution in [1.82, 2.24) is 0 Å². The molecule has 0 unspecified atom stereocenters. The van der Waals surface area contributed by atoms with Crippen molar-refractivity contribution in [2.75, 3.05) is 7.11 Å². The topological polar surface area (TPSA) is 43.4 Å². The first-order chi connectivity index (χ1) is 8.25. The van der Waals surface area contributed by atoms with E-state index in [1.807, 2.05) is 0 Å². The molecule has 0 aromatic heterocycles. The van der Waals surface area contributed by atoms with Crippen molar-refractivity contribution in [3.05, 3.63) is 33.8 Å². The molecule has 0 heterocycles. The zero-order valence-corrected chi connectivity index (χ0v) is 10.8. The van der Waals surface area contributed by atoms with Crippen molar-refractivity contribution in [3.8, 4) is 0 Å². The van der Waals surface area contributed by atoms with Crippen LogP contribution in [0.15, 0.2) is 22.7 Å². The molecule has 7 heteroatoms. The lowest BCUT2D eigenvalue weighted by molar-refractivity contribution is -0.151. The summed E-state index contributed by atoms with van der Waals surface area (Å²) in [6.45, 7) is 0. The summed E-state index contributed by atoms with van der Waals surface area (Å²) < 4.78 is 41.9. The third kappa shape index (κ3) is 3.56. The van der Waals surface area contributed by atoms with Gasteiger partial charge in [-0.05, 0) is 23.8 Å². The zero-order valence-electron chi connectivity index (χ0n) is 9.18. The number of rotatable bonds is 3. The minimum absolute atomic E-state index is 0.0835. The van der Waals surface area contributed by atoms with Crippen LogP contribution in [-0.4, -0.2) is 18.9 Å². The molecular weight excluding hydrogens is 317 g/mol. The van der Waals surface area contributed by atoms with E-state index < -0.39 is 29.9 Å². The monoisotopic (exact) mass is 324 g/mol. The SMILES string of the molecule is COC(=O)C(=O)Cc1cc(C(F)(F)F)ccc1Br. The van der Waals surface area contributed by atoms with Gasteiger partial charge in [-0.1, -0.05) is 15.9 Å². The van der Waals surface area contributed by atoms with Gasteiger partial charge >= 0.3 is 12.1 Å². The number of alkyl halides is 3. The van der Waals surface area contributed by atoms with Crippen LogP contribution >= 0.6 is 15.9 Å². The van der Waals surface area contributed by atoms with Crippen molar-refractivity contribution >= 4 is 27.7 Å². The summed E-state index contributed by atoms with van der Waals surface area (Å²) in [5, 5.41) is 0. The van der Waals surface area contributed by atoms with Crippen LogP contribution in [0.5, 0.6) is 0 Å². The number of benzene rings is 1. The Morgan fingerprint density at radius 2 is 1.94 bits per heavy atom. The molecule has 1 aromatic rings. The predicted molar refractivity (Wildman–Crippen MR) is 59.9 cm³/mol. The van der Waals surface area contributed by atoms with Gasteiger partial charge in [0.2, 0.25) is 5.78 Å². The number of halogens is 4. The molecule has 0 amide bonds. The van der Waals surface area contributed by atoms with Crippen molar-refractivity contribution in [2.45, 2.75) is 12.6 Å². The number of hydrogen-bond donors (Lipinski definition) is 0. The van der Waals surface area contributed by atoms with Gasteiger partial charge in [-0.3, -0.25) is 4.79 Å². The molecule has 0 atom stereocenters. The maximum Gasteiger partial charge on any atom is 0.416 e. The van der Waals surface area contributed by atoms with E-state index in [0.717, 1.165) is 19.2 Å². The van der Waals surface area contributed by atoms with Crippen LogP contribution in [-0.2, 0) is 26.9 Å². The standard InChI is InChI=1S/C11H8BrF3O3/c1-18-10(17)9(16)5-6-4-7(11(13,14)15)2-3-8(6)12/h2-4H,5H2,1H3. The van der Waals surface area contributed by atoms with Crippen molar-refractivity contribution < 1.29 is 27.5 Å². The van der Waals surface area contributed by atoms with Crippen LogP contribution in [0.25, 0.3) is 0 Å². The second kappa shape index (κ2) is 5.51. The zero-order chi connectivity index (χ0) is 13.9. The van der Waals surface area contributed by atoms with Crippen LogP contribution < -0.4 is 0 Å². The summed E-state index contributed by atoms with van der Waals surface area (Å²) in [5.41, 5.74) is -0.793. The lowest BCUT2D eigenvalue weighted by atomic mass is 10.1. The fraction of sp³-hybridized carbons (Fsp3) is 0.273. The highest BCUT2D eigenvalue weighted by Gasteiger charge is 2.31. The van der Waals surface area contributed by atoms with Crippen LogP contribution in [0.1, 0.15) is 11.1 Å². The van der Waals surface area contributed by atoms with Crippen LogP contribution in [0.3, 0.4) is 0 Å². The minimum Gasteiger partial charge on any atom is -0.463 e. The maximum absolute atomic E-state index is 12.5. The fourth-order valence-electron chi connectivity index (χ4n) is 1.25. The molecule has 0 spiro atoms. The molecule has 0 aliphatic carbocycles. The first-order valence-electron chi connectivity index (χ1n) is 4.72. The van der Waals surface area contributed by atoms with Gasteiger partial charge in [-0.25, -0.2) is 4.79 Å². The van der Waals surface area contributed by atoms with E-state index in [1.54, 1.807) is 0 Å². The Labute approximate surface area is 109 Å². The van der Waals surface area contributed by atoms with Gasteiger partial charge in [0.1, 0.15) is 0 Å². The number of Topliss-reactive ketones (excluding diaryl/α,β-unsaturated/α-hetero) is 1. The van der Waals surface area contributed by atoms with Crippen LogP contribution in [0.4, 0.5) is 13.2 Å². The lowest BCUT2D eigenvalue weighted by Crippen LogP contribution is -2.18. The summed E-state index contributed by atoms with van der Waals surface area (Å²) in [7, 11) is 1.03. The highest BCUT2D eigenvalue weighted by atomic mass is 79.9. The molecule has 0 aliphatic heterocycles. The van der Waals surface area contributed by atoms with E-state index in [-0.39, 0.29) is 5.56 Å². The third-order valence-corrected chi connectivity index (χ3v) is 2.91. The Hall–Kier alpha value is -1.37. The summed E-state index contributed by atoms with van der Waals surface area (Å²) in [6.07, 6.45) is -4.94. The molecule has 0 bridgehead atoms. The van der Waals surface area contributed by atoms with Gasteiger partial charge in [0, 0.05) is 10.9 Å². The highest BCUT2D eigenvalue weighted by molar-refractivity contribution is 9.10. The Balaban J connectivity index is 3.02. The largest absolute Gasteiger partial charge is 0.463 e. The number of methoxy groups -OCH3 is 1. The van der Waals surface area contributed by atoms with Crippen molar-refractivity contribution in [3.63, 3.8) is 0 Å². The molecule has 0 saturated heterocycles. The molecule has 3 nitrogen and oxygen atoms in total. The molecule has 0 N–H and O–H groups in total. The number of ether oxygens (including phenoxy) is 1. The minimum atomic E-state index is -4.50. The molecule has 1 rings (SSSR count). The molecular formula is C11H8BrF3O3. The molecule has 98 valence electrons. The number of carbonyl (C=O) groups is 2. The van der Waals surface area contributed by atoms with Gasteiger partial charge in [0.15, 0.2) is 0 Å². The van der Waals surface area contributed by atoms with E-state index in [1.165, 1.54) is 6.07 Å². The summed E-state index contributed by atoms with van der Waals surface area (Å²) >= 11 is 3.03. The van der Waals surface area contributed by atoms with Crippen molar-refractivity contribution in [1.29, 1.82) is 0 Å². The summed E-state index contributed by atoms with van der Waals surface area (Å²) in [6, 6.07) is 2.89. The number of hydrogen-bond acceptors (Lipinski definition) is 3. The van der Waals surface area contributed by atoms with Gasteiger partial charge in [0.05, 0.1) is 12.7 Å². The van der Waals surface area contributed by atoms with Gasteiger partial charge in [0.25, 0.3) is 0 Å².